The number of ether oxygens (including phenoxy) is 1. The molecular formula is C14H14O4S. The maximum Gasteiger partial charge on any atom is 0.175 e. The number of sulfone groups is 1. The minimum absolute atomic E-state index is 0.128. The third kappa shape index (κ3) is 3.48. The van der Waals surface area contributed by atoms with Gasteiger partial charge in [0.15, 0.2) is 9.84 Å². The predicted molar refractivity (Wildman–Crippen MR) is 72.5 cm³/mol. The van der Waals surface area contributed by atoms with E-state index < -0.39 is 9.84 Å². The summed E-state index contributed by atoms with van der Waals surface area (Å²) in [5.74, 6) is 1.14. The van der Waals surface area contributed by atoms with E-state index in [-0.39, 0.29) is 10.6 Å². The van der Waals surface area contributed by atoms with Gasteiger partial charge >= 0.3 is 0 Å². The van der Waals surface area contributed by atoms with Gasteiger partial charge in [0.25, 0.3) is 0 Å². The normalized spacial score (nSPS) is 11.3. The Morgan fingerprint density at radius 2 is 1.63 bits per heavy atom. The van der Waals surface area contributed by atoms with Crippen LogP contribution in [-0.2, 0) is 9.84 Å². The van der Waals surface area contributed by atoms with E-state index in [0.29, 0.717) is 11.5 Å². The quantitative estimate of drug-likeness (QED) is 0.937. The summed E-state index contributed by atoms with van der Waals surface area (Å²) in [6.07, 6.45) is 1.15. The Bertz CT molecular complexity index is 668. The van der Waals surface area contributed by atoms with Crippen molar-refractivity contribution in [2.24, 2.45) is 0 Å². The predicted octanol–water partition coefficient (Wildman–Crippen LogP) is 2.90. The third-order valence-electron chi connectivity index (χ3n) is 2.52. The molecule has 5 heteroatoms. The molecule has 0 fully saturated rings. The molecule has 100 valence electrons. The van der Waals surface area contributed by atoms with Gasteiger partial charge in [0.2, 0.25) is 0 Å². The van der Waals surface area contributed by atoms with Gasteiger partial charge in [0.05, 0.1) is 4.90 Å². The zero-order valence-electron chi connectivity index (χ0n) is 10.6. The van der Waals surface area contributed by atoms with E-state index >= 15 is 0 Å². The van der Waals surface area contributed by atoms with E-state index in [2.05, 4.69) is 0 Å². The molecule has 0 heterocycles. The Morgan fingerprint density at radius 3 is 2.16 bits per heavy atom. The molecule has 19 heavy (non-hydrogen) atoms. The van der Waals surface area contributed by atoms with Gasteiger partial charge in [-0.15, -0.1) is 0 Å². The molecule has 4 nitrogen and oxygen atoms in total. The first kappa shape index (κ1) is 13.4. The summed E-state index contributed by atoms with van der Waals surface area (Å²) in [6, 6.07) is 11.0. The number of benzene rings is 2. The van der Waals surface area contributed by atoms with Crippen molar-refractivity contribution in [3.05, 3.63) is 48.0 Å². The number of phenolic OH excluding ortho intramolecular Hbond substituents is 1. The molecule has 0 spiro atoms. The summed E-state index contributed by atoms with van der Waals surface area (Å²) in [4.78, 5) is 0.243. The van der Waals surface area contributed by atoms with Crippen molar-refractivity contribution in [1.29, 1.82) is 0 Å². The molecule has 0 aliphatic heterocycles. The highest BCUT2D eigenvalue weighted by Crippen LogP contribution is 2.27. The van der Waals surface area contributed by atoms with E-state index in [4.69, 9.17) is 4.74 Å². The van der Waals surface area contributed by atoms with Crippen LogP contribution in [0.5, 0.6) is 17.2 Å². The molecule has 0 amide bonds. The van der Waals surface area contributed by atoms with Crippen LogP contribution in [0.3, 0.4) is 0 Å². The molecule has 1 N–H and O–H groups in total. The lowest BCUT2D eigenvalue weighted by Crippen LogP contribution is -1.96. The number of aromatic hydroxyl groups is 1. The van der Waals surface area contributed by atoms with Gasteiger partial charge < -0.3 is 9.84 Å². The Hall–Kier alpha value is -2.01. The smallest absolute Gasteiger partial charge is 0.175 e. The molecule has 0 bridgehead atoms. The fraction of sp³-hybridized carbons (Fsp3) is 0.143. The summed E-state index contributed by atoms with van der Waals surface area (Å²) in [7, 11) is -3.20. The highest BCUT2D eigenvalue weighted by atomic mass is 32.2. The van der Waals surface area contributed by atoms with Crippen molar-refractivity contribution in [1.82, 2.24) is 0 Å². The molecule has 0 aliphatic rings. The molecular weight excluding hydrogens is 264 g/mol. The minimum atomic E-state index is -3.20. The summed E-state index contributed by atoms with van der Waals surface area (Å²) in [6.45, 7) is 1.85. The third-order valence-corrected chi connectivity index (χ3v) is 3.65. The minimum Gasteiger partial charge on any atom is -0.508 e. The standard InChI is InChI=1S/C14H14O4S/c1-10-7-11(15)9-13(8-10)18-12-3-5-14(6-4-12)19(2,16)17/h3-9,15H,1-2H3. The van der Waals surface area contributed by atoms with Gasteiger partial charge in [-0.3, -0.25) is 0 Å². The number of rotatable bonds is 3. The maximum atomic E-state index is 11.3. The zero-order valence-corrected chi connectivity index (χ0v) is 11.4. The van der Waals surface area contributed by atoms with Crippen molar-refractivity contribution < 1.29 is 18.3 Å². The average Bonchev–Trinajstić information content (AvgIpc) is 2.26. The van der Waals surface area contributed by atoms with Crippen molar-refractivity contribution >= 4 is 9.84 Å². The highest BCUT2D eigenvalue weighted by molar-refractivity contribution is 7.90. The Balaban J connectivity index is 2.24. The second-order valence-electron chi connectivity index (χ2n) is 4.35. The van der Waals surface area contributed by atoms with Gasteiger partial charge in [-0.1, -0.05) is 0 Å². The summed E-state index contributed by atoms with van der Waals surface area (Å²) in [5, 5.41) is 9.46. The molecule has 0 aromatic heterocycles. The highest BCUT2D eigenvalue weighted by Gasteiger charge is 2.07. The van der Waals surface area contributed by atoms with E-state index in [1.54, 1.807) is 24.3 Å². The van der Waals surface area contributed by atoms with Crippen LogP contribution in [-0.4, -0.2) is 19.8 Å². The SMILES string of the molecule is Cc1cc(O)cc(Oc2ccc(S(C)(=O)=O)cc2)c1. The van der Waals surface area contributed by atoms with Crippen LogP contribution in [0.2, 0.25) is 0 Å². The van der Waals surface area contributed by atoms with Crippen LogP contribution in [0.4, 0.5) is 0 Å². The van der Waals surface area contributed by atoms with Crippen LogP contribution < -0.4 is 4.74 Å². The van der Waals surface area contributed by atoms with Crippen LogP contribution in [0.25, 0.3) is 0 Å². The number of hydrogen-bond acceptors (Lipinski definition) is 4. The van der Waals surface area contributed by atoms with Gasteiger partial charge in [0, 0.05) is 12.3 Å². The van der Waals surface area contributed by atoms with Gasteiger partial charge in [0.1, 0.15) is 17.2 Å². The van der Waals surface area contributed by atoms with E-state index in [0.717, 1.165) is 11.8 Å². The molecule has 0 saturated heterocycles. The molecule has 2 aromatic rings. The van der Waals surface area contributed by atoms with Crippen LogP contribution >= 0.6 is 0 Å². The summed E-state index contributed by atoms with van der Waals surface area (Å²) in [5.41, 5.74) is 0.878. The Labute approximate surface area is 112 Å². The molecule has 0 aliphatic carbocycles. The molecule has 0 radical (unpaired) electrons. The van der Waals surface area contributed by atoms with E-state index in [1.807, 2.05) is 6.92 Å². The Kier molecular flexibility index (Phi) is 3.48. The van der Waals surface area contributed by atoms with Crippen LogP contribution in [0.1, 0.15) is 5.56 Å². The molecule has 0 atom stereocenters. The van der Waals surface area contributed by atoms with Crippen molar-refractivity contribution in [3.63, 3.8) is 0 Å². The topological polar surface area (TPSA) is 63.6 Å². The summed E-state index contributed by atoms with van der Waals surface area (Å²) < 4.78 is 28.2. The Morgan fingerprint density at radius 1 is 1.00 bits per heavy atom. The maximum absolute atomic E-state index is 11.3. The van der Waals surface area contributed by atoms with Crippen LogP contribution in [0, 0.1) is 6.92 Å². The van der Waals surface area contributed by atoms with Crippen molar-refractivity contribution in [2.45, 2.75) is 11.8 Å². The largest absolute Gasteiger partial charge is 0.508 e. The fourth-order valence-corrected chi connectivity index (χ4v) is 2.31. The lowest BCUT2D eigenvalue weighted by Gasteiger charge is -2.07. The first-order valence-corrected chi connectivity index (χ1v) is 7.52. The van der Waals surface area contributed by atoms with E-state index in [9.17, 15) is 13.5 Å². The molecule has 0 unspecified atom stereocenters. The second-order valence-corrected chi connectivity index (χ2v) is 6.37. The fourth-order valence-electron chi connectivity index (χ4n) is 1.68. The van der Waals surface area contributed by atoms with Crippen molar-refractivity contribution in [2.75, 3.05) is 6.26 Å². The zero-order chi connectivity index (χ0) is 14.0. The van der Waals surface area contributed by atoms with Gasteiger partial charge in [-0.25, -0.2) is 8.42 Å². The lowest BCUT2D eigenvalue weighted by molar-refractivity contribution is 0.454. The number of aryl methyl sites for hydroxylation is 1. The van der Waals surface area contributed by atoms with Crippen LogP contribution in [0.15, 0.2) is 47.4 Å². The lowest BCUT2D eigenvalue weighted by atomic mass is 10.2. The first-order chi connectivity index (χ1) is 8.84. The first-order valence-electron chi connectivity index (χ1n) is 5.63. The molecule has 0 saturated carbocycles. The monoisotopic (exact) mass is 278 g/mol. The van der Waals surface area contributed by atoms with E-state index in [1.165, 1.54) is 18.2 Å². The molecule has 2 rings (SSSR count). The van der Waals surface area contributed by atoms with Gasteiger partial charge in [-0.05, 0) is 48.9 Å². The summed E-state index contributed by atoms with van der Waals surface area (Å²) >= 11 is 0. The van der Waals surface area contributed by atoms with Gasteiger partial charge in [-0.2, -0.15) is 0 Å². The molecule has 2 aromatic carbocycles. The average molecular weight is 278 g/mol. The number of phenols is 1. The van der Waals surface area contributed by atoms with Crippen molar-refractivity contribution in [3.8, 4) is 17.2 Å². The number of hydrogen-bond donors (Lipinski definition) is 1. The second kappa shape index (κ2) is 4.93.